The Labute approximate surface area is 126 Å². The van der Waals surface area contributed by atoms with Crippen LogP contribution in [0.4, 0.5) is 4.39 Å². The van der Waals surface area contributed by atoms with Crippen LogP contribution in [0.5, 0.6) is 0 Å². The fourth-order valence-corrected chi connectivity index (χ4v) is 1.82. The molecule has 0 aliphatic carbocycles. The minimum atomic E-state index is -0.163. The number of hydrogen-bond acceptors (Lipinski definition) is 0. The third-order valence-electron chi connectivity index (χ3n) is 3.07. The molecule has 0 fully saturated rings. The monoisotopic (exact) mass is 292 g/mol. The van der Waals surface area contributed by atoms with Crippen molar-refractivity contribution in [2.24, 2.45) is 0 Å². The zero-order valence-electron chi connectivity index (χ0n) is 12.5. The summed E-state index contributed by atoms with van der Waals surface area (Å²) in [7, 11) is 0. The lowest BCUT2D eigenvalue weighted by atomic mass is 10.0. The van der Waals surface area contributed by atoms with E-state index in [9.17, 15) is 4.39 Å². The number of hydrogen-bond donors (Lipinski definition) is 0. The van der Waals surface area contributed by atoms with Gasteiger partial charge in [0.2, 0.25) is 0 Å². The van der Waals surface area contributed by atoms with Gasteiger partial charge in [0.05, 0.1) is 0 Å². The molecule has 2 rings (SSSR count). The highest BCUT2D eigenvalue weighted by molar-refractivity contribution is 6.30. The molecule has 0 amide bonds. The summed E-state index contributed by atoms with van der Waals surface area (Å²) in [6.07, 6.45) is 0. The Hall–Kier alpha value is -1.34. The summed E-state index contributed by atoms with van der Waals surface area (Å²) in [5.74, 6) is 0.919. The van der Waals surface area contributed by atoms with E-state index >= 15 is 0 Å². The fourth-order valence-electron chi connectivity index (χ4n) is 1.70. The molecule has 2 heteroatoms. The average molecular weight is 293 g/mol. The molecular formula is C18H22ClF. The highest BCUT2D eigenvalue weighted by atomic mass is 35.5. The predicted molar refractivity (Wildman–Crippen MR) is 86.0 cm³/mol. The van der Waals surface area contributed by atoms with Gasteiger partial charge in [-0.3, -0.25) is 0 Å². The molecule has 0 saturated carbocycles. The Morgan fingerprint density at radius 3 is 1.40 bits per heavy atom. The van der Waals surface area contributed by atoms with Crippen LogP contribution in [-0.4, -0.2) is 0 Å². The van der Waals surface area contributed by atoms with Crippen molar-refractivity contribution in [3.8, 4) is 0 Å². The molecule has 0 saturated heterocycles. The molecule has 0 aliphatic rings. The molecule has 0 heterocycles. The SMILES string of the molecule is CC(C)c1ccc(Cl)cc1.CC(C)c1ccc(F)cc1. The first-order chi connectivity index (χ1) is 9.40. The molecule has 2 aromatic carbocycles. The summed E-state index contributed by atoms with van der Waals surface area (Å²) in [6.45, 7) is 8.52. The van der Waals surface area contributed by atoms with Crippen LogP contribution in [0.15, 0.2) is 48.5 Å². The second-order valence-corrected chi connectivity index (χ2v) is 5.85. The van der Waals surface area contributed by atoms with Crippen LogP contribution in [-0.2, 0) is 0 Å². The van der Waals surface area contributed by atoms with Crippen LogP contribution in [0.25, 0.3) is 0 Å². The fraction of sp³-hybridized carbons (Fsp3) is 0.333. The third kappa shape index (κ3) is 5.75. The largest absolute Gasteiger partial charge is 0.207 e. The van der Waals surface area contributed by atoms with Gasteiger partial charge in [-0.15, -0.1) is 0 Å². The zero-order chi connectivity index (χ0) is 15.1. The number of benzene rings is 2. The molecule has 0 spiro atoms. The lowest BCUT2D eigenvalue weighted by molar-refractivity contribution is 0.626. The average Bonchev–Trinajstić information content (AvgIpc) is 2.40. The topological polar surface area (TPSA) is 0 Å². The lowest BCUT2D eigenvalue weighted by Gasteiger charge is -2.03. The number of rotatable bonds is 2. The van der Waals surface area contributed by atoms with Crippen molar-refractivity contribution in [1.82, 2.24) is 0 Å². The molecule has 0 N–H and O–H groups in total. The van der Waals surface area contributed by atoms with E-state index in [1.807, 2.05) is 24.3 Å². The van der Waals surface area contributed by atoms with Gasteiger partial charge in [0.1, 0.15) is 5.82 Å². The minimum absolute atomic E-state index is 0.163. The van der Waals surface area contributed by atoms with Crippen LogP contribution in [0, 0.1) is 5.82 Å². The van der Waals surface area contributed by atoms with Crippen LogP contribution in [0.2, 0.25) is 5.02 Å². The maximum Gasteiger partial charge on any atom is 0.123 e. The molecule has 2 aromatic rings. The quantitative estimate of drug-likeness (QED) is 0.599. The van der Waals surface area contributed by atoms with Gasteiger partial charge in [0.15, 0.2) is 0 Å². The van der Waals surface area contributed by atoms with Gasteiger partial charge >= 0.3 is 0 Å². The summed E-state index contributed by atoms with van der Waals surface area (Å²) in [5, 5.41) is 0.810. The van der Waals surface area contributed by atoms with Crippen molar-refractivity contribution >= 4 is 11.6 Å². The Bertz CT molecular complexity index is 448. The Morgan fingerprint density at radius 2 is 1.05 bits per heavy atom. The van der Waals surface area contributed by atoms with Gasteiger partial charge in [0.25, 0.3) is 0 Å². The van der Waals surface area contributed by atoms with Gasteiger partial charge in [-0.25, -0.2) is 4.39 Å². The van der Waals surface area contributed by atoms with E-state index in [1.54, 1.807) is 0 Å². The Morgan fingerprint density at radius 1 is 0.700 bits per heavy atom. The van der Waals surface area contributed by atoms with Crippen molar-refractivity contribution in [1.29, 1.82) is 0 Å². The van der Waals surface area contributed by atoms with Gasteiger partial charge in [-0.2, -0.15) is 0 Å². The van der Waals surface area contributed by atoms with Crippen LogP contribution >= 0.6 is 11.6 Å². The summed E-state index contributed by atoms with van der Waals surface area (Å²) in [4.78, 5) is 0. The van der Waals surface area contributed by atoms with E-state index in [0.29, 0.717) is 11.8 Å². The molecule has 0 unspecified atom stereocenters. The van der Waals surface area contributed by atoms with Crippen LogP contribution in [0.1, 0.15) is 50.7 Å². The minimum Gasteiger partial charge on any atom is -0.207 e. The van der Waals surface area contributed by atoms with Gasteiger partial charge in [-0.05, 0) is 47.2 Å². The van der Waals surface area contributed by atoms with Crippen molar-refractivity contribution in [2.75, 3.05) is 0 Å². The second kappa shape index (κ2) is 8.06. The molecule has 20 heavy (non-hydrogen) atoms. The normalized spacial score (nSPS) is 10.4. The zero-order valence-corrected chi connectivity index (χ0v) is 13.3. The molecule has 0 aromatic heterocycles. The van der Waals surface area contributed by atoms with Crippen LogP contribution < -0.4 is 0 Å². The van der Waals surface area contributed by atoms with Crippen molar-refractivity contribution < 1.29 is 4.39 Å². The Balaban J connectivity index is 0.000000200. The maximum atomic E-state index is 12.4. The third-order valence-corrected chi connectivity index (χ3v) is 3.33. The molecule has 0 nitrogen and oxygen atoms in total. The molecule has 0 radical (unpaired) electrons. The highest BCUT2D eigenvalue weighted by Crippen LogP contribution is 2.16. The van der Waals surface area contributed by atoms with E-state index in [0.717, 1.165) is 5.02 Å². The smallest absolute Gasteiger partial charge is 0.123 e. The van der Waals surface area contributed by atoms with E-state index in [-0.39, 0.29) is 5.82 Å². The first-order valence-corrected chi connectivity index (χ1v) is 7.29. The second-order valence-electron chi connectivity index (χ2n) is 5.41. The van der Waals surface area contributed by atoms with E-state index in [4.69, 9.17) is 11.6 Å². The first kappa shape index (κ1) is 16.7. The molecule has 0 atom stereocenters. The van der Waals surface area contributed by atoms with Crippen molar-refractivity contribution in [3.63, 3.8) is 0 Å². The summed E-state index contributed by atoms with van der Waals surface area (Å²) >= 11 is 5.72. The van der Waals surface area contributed by atoms with E-state index in [2.05, 4.69) is 39.8 Å². The van der Waals surface area contributed by atoms with Crippen molar-refractivity contribution in [3.05, 3.63) is 70.5 Å². The molecule has 0 aliphatic heterocycles. The summed E-state index contributed by atoms with van der Waals surface area (Å²) < 4.78 is 12.4. The Kier molecular flexibility index (Phi) is 6.74. The van der Waals surface area contributed by atoms with Gasteiger partial charge in [0, 0.05) is 5.02 Å². The molecule has 108 valence electrons. The van der Waals surface area contributed by atoms with E-state index in [1.165, 1.54) is 23.3 Å². The molecular weight excluding hydrogens is 271 g/mol. The lowest BCUT2D eigenvalue weighted by Crippen LogP contribution is -1.85. The van der Waals surface area contributed by atoms with Gasteiger partial charge < -0.3 is 0 Å². The molecule has 0 bridgehead atoms. The first-order valence-electron chi connectivity index (χ1n) is 6.91. The van der Waals surface area contributed by atoms with Crippen LogP contribution in [0.3, 0.4) is 0 Å². The van der Waals surface area contributed by atoms with Gasteiger partial charge in [-0.1, -0.05) is 63.6 Å². The van der Waals surface area contributed by atoms with E-state index < -0.39 is 0 Å². The standard InChI is InChI=1S/C9H11Cl.C9H11F/c2*1-7(2)8-3-5-9(10)6-4-8/h2*3-7H,1-2H3. The summed E-state index contributed by atoms with van der Waals surface area (Å²) in [6, 6.07) is 14.6. The number of halogens is 2. The summed E-state index contributed by atoms with van der Waals surface area (Å²) in [5.41, 5.74) is 2.52. The highest BCUT2D eigenvalue weighted by Gasteiger charge is 1.97. The predicted octanol–water partition coefficient (Wildman–Crippen LogP) is 6.41. The van der Waals surface area contributed by atoms with Crippen molar-refractivity contribution in [2.45, 2.75) is 39.5 Å². The maximum absolute atomic E-state index is 12.4.